The highest BCUT2D eigenvalue weighted by atomic mass is 35.5. The fraction of sp³-hybridized carbons (Fsp3) is 0.400. The van der Waals surface area contributed by atoms with Crippen LogP contribution < -0.4 is 5.32 Å². The fourth-order valence-corrected chi connectivity index (χ4v) is 6.71. The number of nitrogens with one attached hydrogen (secondary N) is 1. The summed E-state index contributed by atoms with van der Waals surface area (Å²) in [5.74, 6) is 0.795. The van der Waals surface area contributed by atoms with Gasteiger partial charge in [-0.2, -0.15) is 0 Å². The highest BCUT2D eigenvalue weighted by Crippen LogP contribution is 2.38. The zero-order valence-corrected chi connectivity index (χ0v) is 20.8. The lowest BCUT2D eigenvalue weighted by molar-refractivity contribution is -0.126. The molecular formula is C25H25ClFN5O2S. The highest BCUT2D eigenvalue weighted by Gasteiger charge is 2.44. The predicted molar refractivity (Wildman–Crippen MR) is 135 cm³/mol. The number of amides is 1. The van der Waals surface area contributed by atoms with E-state index in [2.05, 4.69) is 27.1 Å². The average molecular weight is 514 g/mol. The number of carbonyl (C=O) groups is 1. The van der Waals surface area contributed by atoms with E-state index in [9.17, 15) is 9.18 Å². The van der Waals surface area contributed by atoms with Gasteiger partial charge in [-0.05, 0) is 30.2 Å². The first-order valence-electron chi connectivity index (χ1n) is 11.8. The molecule has 35 heavy (non-hydrogen) atoms. The molecule has 0 aliphatic carbocycles. The zero-order valence-electron chi connectivity index (χ0n) is 19.2. The molecule has 3 atom stereocenters. The van der Waals surface area contributed by atoms with Gasteiger partial charge < -0.3 is 15.0 Å². The zero-order chi connectivity index (χ0) is 24.1. The molecular weight excluding hydrogens is 489 g/mol. The lowest BCUT2D eigenvalue weighted by Crippen LogP contribution is -2.38. The molecule has 1 aromatic carbocycles. The number of benzene rings is 1. The number of carbonyl (C=O) groups excluding carboxylic acids is 1. The molecule has 6 rings (SSSR count). The van der Waals surface area contributed by atoms with Crippen LogP contribution in [0.3, 0.4) is 0 Å². The number of hydrogen-bond donors (Lipinski definition) is 1. The summed E-state index contributed by atoms with van der Waals surface area (Å²) in [6, 6.07) is 4.95. The van der Waals surface area contributed by atoms with Crippen molar-refractivity contribution in [1.82, 2.24) is 19.8 Å². The summed E-state index contributed by atoms with van der Waals surface area (Å²) in [6.45, 7) is 5.95. The summed E-state index contributed by atoms with van der Waals surface area (Å²) < 4.78 is 19.3. The Morgan fingerprint density at radius 1 is 1.40 bits per heavy atom. The minimum Gasteiger partial charge on any atom is -0.375 e. The first-order valence-corrected chi connectivity index (χ1v) is 13.0. The van der Waals surface area contributed by atoms with E-state index in [0.29, 0.717) is 42.7 Å². The van der Waals surface area contributed by atoms with Crippen molar-refractivity contribution < 1.29 is 13.9 Å². The van der Waals surface area contributed by atoms with Crippen molar-refractivity contribution >= 4 is 50.6 Å². The van der Waals surface area contributed by atoms with Crippen LogP contribution in [0.5, 0.6) is 0 Å². The quantitative estimate of drug-likeness (QED) is 0.510. The van der Waals surface area contributed by atoms with E-state index in [1.165, 1.54) is 18.5 Å². The molecule has 1 amide bonds. The minimum atomic E-state index is -0.465. The van der Waals surface area contributed by atoms with Crippen LogP contribution in [0.1, 0.15) is 17.4 Å². The van der Waals surface area contributed by atoms with Crippen molar-refractivity contribution in [3.8, 4) is 0 Å². The highest BCUT2D eigenvalue weighted by molar-refractivity contribution is 7.19. The van der Waals surface area contributed by atoms with Gasteiger partial charge >= 0.3 is 0 Å². The second-order valence-corrected chi connectivity index (χ2v) is 10.8. The Balaban J connectivity index is 1.16. The van der Waals surface area contributed by atoms with Crippen LogP contribution in [0.25, 0.3) is 10.2 Å². The van der Waals surface area contributed by atoms with Gasteiger partial charge in [0, 0.05) is 48.2 Å². The molecule has 3 aliphatic heterocycles. The van der Waals surface area contributed by atoms with Gasteiger partial charge in [-0.1, -0.05) is 24.6 Å². The van der Waals surface area contributed by atoms with Crippen molar-refractivity contribution in [1.29, 1.82) is 0 Å². The number of thiophene rings is 1. The molecule has 3 aliphatic rings. The van der Waals surface area contributed by atoms with E-state index in [0.717, 1.165) is 46.8 Å². The predicted octanol–water partition coefficient (Wildman–Crippen LogP) is 4.39. The number of anilines is 2. The van der Waals surface area contributed by atoms with Gasteiger partial charge in [0.25, 0.3) is 0 Å². The first-order chi connectivity index (χ1) is 17.0. The van der Waals surface area contributed by atoms with E-state index in [1.54, 1.807) is 23.5 Å². The van der Waals surface area contributed by atoms with E-state index in [1.807, 2.05) is 11.0 Å². The second kappa shape index (κ2) is 9.13. The van der Waals surface area contributed by atoms with E-state index in [4.69, 9.17) is 16.3 Å². The molecule has 10 heteroatoms. The van der Waals surface area contributed by atoms with Crippen LogP contribution in [0, 0.1) is 11.7 Å². The van der Waals surface area contributed by atoms with Crippen molar-refractivity contribution in [2.24, 2.45) is 5.92 Å². The molecule has 2 unspecified atom stereocenters. The summed E-state index contributed by atoms with van der Waals surface area (Å²) >= 11 is 7.52. The molecule has 2 fully saturated rings. The van der Waals surface area contributed by atoms with Crippen molar-refractivity contribution in [2.75, 3.05) is 31.6 Å². The number of fused-ring (bicyclic) bond motifs is 5. The van der Waals surface area contributed by atoms with Crippen LogP contribution in [0.2, 0.25) is 5.02 Å². The molecule has 7 nitrogen and oxygen atoms in total. The van der Waals surface area contributed by atoms with Gasteiger partial charge in [0.1, 0.15) is 22.8 Å². The summed E-state index contributed by atoms with van der Waals surface area (Å²) in [6.07, 6.45) is 6.27. The largest absolute Gasteiger partial charge is 0.375 e. The van der Waals surface area contributed by atoms with Crippen molar-refractivity contribution in [3.05, 3.63) is 58.0 Å². The maximum Gasteiger partial charge on any atom is 0.246 e. The van der Waals surface area contributed by atoms with Gasteiger partial charge in [0.05, 0.1) is 29.7 Å². The smallest absolute Gasteiger partial charge is 0.246 e. The third-order valence-corrected chi connectivity index (χ3v) is 8.70. The Morgan fingerprint density at radius 2 is 2.29 bits per heavy atom. The summed E-state index contributed by atoms with van der Waals surface area (Å²) in [5.41, 5.74) is 1.82. The van der Waals surface area contributed by atoms with E-state index < -0.39 is 5.82 Å². The second-order valence-electron chi connectivity index (χ2n) is 9.32. The third kappa shape index (κ3) is 4.20. The lowest BCUT2D eigenvalue weighted by atomic mass is 10.0. The molecule has 2 bridgehead atoms. The Labute approximate surface area is 211 Å². The summed E-state index contributed by atoms with van der Waals surface area (Å²) in [5, 5.41) is 4.26. The SMILES string of the molecule is C[C@@H]1C2CN(C/C=C/C(=O)N3CCc4c(sc5ncnc(Nc6ccc(F)c(Cl)c6)c45)C3)C1CO2. The Hall–Kier alpha value is -2.59. The summed E-state index contributed by atoms with van der Waals surface area (Å²) in [4.78, 5) is 28.1. The first kappa shape index (κ1) is 22.8. The topological polar surface area (TPSA) is 70.6 Å². The van der Waals surface area contributed by atoms with Crippen LogP contribution >= 0.6 is 22.9 Å². The Morgan fingerprint density at radius 3 is 3.06 bits per heavy atom. The molecule has 0 saturated carbocycles. The Kier molecular flexibility index (Phi) is 5.96. The van der Waals surface area contributed by atoms with Gasteiger partial charge in [-0.3, -0.25) is 9.69 Å². The maximum atomic E-state index is 13.5. The average Bonchev–Trinajstić information content (AvgIpc) is 3.50. The van der Waals surface area contributed by atoms with Gasteiger partial charge in [0.15, 0.2) is 0 Å². The molecule has 0 radical (unpaired) electrons. The molecule has 0 spiro atoms. The molecule has 182 valence electrons. The van der Waals surface area contributed by atoms with Crippen molar-refractivity contribution in [2.45, 2.75) is 32.0 Å². The fourth-order valence-electron chi connectivity index (χ4n) is 5.32. The molecule has 3 aromatic rings. The maximum absolute atomic E-state index is 13.5. The van der Waals surface area contributed by atoms with Crippen molar-refractivity contribution in [3.63, 3.8) is 0 Å². The number of aromatic nitrogens is 2. The van der Waals surface area contributed by atoms with Gasteiger partial charge in [-0.15, -0.1) is 11.3 Å². The monoisotopic (exact) mass is 513 g/mol. The number of likely N-dealkylation sites (tertiary alicyclic amines) is 1. The van der Waals surface area contributed by atoms with Crippen LogP contribution in [-0.2, 0) is 22.5 Å². The van der Waals surface area contributed by atoms with Gasteiger partial charge in [-0.25, -0.2) is 14.4 Å². The van der Waals surface area contributed by atoms with Gasteiger partial charge in [0.2, 0.25) is 5.91 Å². The molecule has 2 saturated heterocycles. The standard InChI is InChI=1S/C25H25ClFN5O2S/c1-14-19-12-34-20(14)10-31(19)7-2-3-22(33)32-8-6-16-21(11-32)35-25-23(16)24(28-13-29-25)30-15-4-5-18(27)17(26)9-15/h2-5,9,13-14,19-20H,6-8,10-12H2,1H3,(H,28,29,30)/b3-2+/t14-,19?,20?/m0/s1. The minimum absolute atomic E-state index is 0.0344. The number of halogens is 2. The number of hydrogen-bond acceptors (Lipinski definition) is 7. The third-order valence-electron chi connectivity index (χ3n) is 7.29. The number of morpholine rings is 1. The number of ether oxygens (including phenoxy) is 1. The number of nitrogens with zero attached hydrogens (tertiary/aromatic N) is 4. The Bertz CT molecular complexity index is 1330. The van der Waals surface area contributed by atoms with E-state index >= 15 is 0 Å². The lowest BCUT2D eigenvalue weighted by Gasteiger charge is -2.27. The van der Waals surface area contributed by atoms with Crippen LogP contribution in [-0.4, -0.2) is 64.1 Å². The van der Waals surface area contributed by atoms with Crippen LogP contribution in [0.15, 0.2) is 36.7 Å². The molecule has 5 heterocycles. The molecule has 2 aromatic heterocycles. The molecule has 1 N–H and O–H groups in total. The summed E-state index contributed by atoms with van der Waals surface area (Å²) in [7, 11) is 0. The normalized spacial score (nSPS) is 24.0. The van der Waals surface area contributed by atoms with Crippen LogP contribution in [0.4, 0.5) is 15.9 Å². The number of rotatable bonds is 5. The van der Waals surface area contributed by atoms with E-state index in [-0.39, 0.29) is 10.9 Å².